The Balaban J connectivity index is 0.00000220. The lowest BCUT2D eigenvalue weighted by atomic mass is 9.97. The fraction of sp³-hybridized carbons (Fsp3) is 0.625. The first-order valence-electron chi connectivity index (χ1n) is 7.58. The van der Waals surface area contributed by atoms with Crippen molar-refractivity contribution in [3.63, 3.8) is 0 Å². The van der Waals surface area contributed by atoms with Gasteiger partial charge in [-0.1, -0.05) is 19.8 Å². The van der Waals surface area contributed by atoms with E-state index in [0.29, 0.717) is 5.75 Å². The van der Waals surface area contributed by atoms with E-state index in [1.54, 1.807) is 13.2 Å². The Morgan fingerprint density at radius 2 is 1.95 bits per heavy atom. The van der Waals surface area contributed by atoms with Crippen LogP contribution in [0, 0.1) is 0 Å². The molecule has 0 aromatic heterocycles. The summed E-state index contributed by atoms with van der Waals surface area (Å²) in [4.78, 5) is 2.47. The van der Waals surface area contributed by atoms with Gasteiger partial charge in [-0.15, -0.1) is 24.8 Å². The average molecular weight is 351 g/mol. The van der Waals surface area contributed by atoms with Crippen LogP contribution in [0.4, 0.5) is 0 Å². The average Bonchev–Trinajstić information content (AvgIpc) is 2.50. The Labute approximate surface area is 146 Å². The Morgan fingerprint density at radius 3 is 2.55 bits per heavy atom. The van der Waals surface area contributed by atoms with Crippen molar-refractivity contribution in [1.82, 2.24) is 10.2 Å². The lowest BCUT2D eigenvalue weighted by Crippen LogP contribution is -2.45. The van der Waals surface area contributed by atoms with Crippen molar-refractivity contribution in [2.45, 2.75) is 32.2 Å². The summed E-state index contributed by atoms with van der Waals surface area (Å²) in [6, 6.07) is 5.83. The highest BCUT2D eigenvalue weighted by atomic mass is 35.5. The number of halogens is 2. The van der Waals surface area contributed by atoms with Gasteiger partial charge in [0.05, 0.1) is 7.11 Å². The van der Waals surface area contributed by atoms with Crippen molar-refractivity contribution in [1.29, 1.82) is 0 Å². The van der Waals surface area contributed by atoms with E-state index in [0.717, 1.165) is 43.9 Å². The molecule has 0 amide bonds. The summed E-state index contributed by atoms with van der Waals surface area (Å²) in [6.45, 7) is 6.32. The summed E-state index contributed by atoms with van der Waals surface area (Å²) in [5, 5.41) is 13.6. The molecule has 1 fully saturated rings. The third-order valence-electron chi connectivity index (χ3n) is 4.02. The van der Waals surface area contributed by atoms with Crippen molar-refractivity contribution in [3.05, 3.63) is 23.8 Å². The largest absolute Gasteiger partial charge is 0.508 e. The highest BCUT2D eigenvalue weighted by molar-refractivity contribution is 5.85. The SMILES string of the molecule is CCCC[C@H](c1cc(OC)ccc1O)N1CCNCC1.Cl.Cl. The first kappa shape index (κ1) is 21.3. The summed E-state index contributed by atoms with van der Waals surface area (Å²) in [6.07, 6.45) is 3.43. The second-order valence-corrected chi connectivity index (χ2v) is 5.37. The van der Waals surface area contributed by atoms with E-state index >= 15 is 0 Å². The first-order chi connectivity index (χ1) is 9.76. The fourth-order valence-corrected chi connectivity index (χ4v) is 2.85. The number of methoxy groups -OCH3 is 1. The summed E-state index contributed by atoms with van der Waals surface area (Å²) in [5.74, 6) is 1.19. The van der Waals surface area contributed by atoms with Gasteiger partial charge in [0.2, 0.25) is 0 Å². The smallest absolute Gasteiger partial charge is 0.120 e. The maximum Gasteiger partial charge on any atom is 0.120 e. The molecule has 1 heterocycles. The molecule has 1 aromatic rings. The van der Waals surface area contributed by atoms with Gasteiger partial charge in [0.1, 0.15) is 11.5 Å². The first-order valence-corrected chi connectivity index (χ1v) is 7.58. The number of hydrogen-bond acceptors (Lipinski definition) is 4. The molecule has 1 aliphatic heterocycles. The Bertz CT molecular complexity index is 427. The molecule has 0 bridgehead atoms. The molecular formula is C16H28Cl2N2O2. The van der Waals surface area contributed by atoms with Crippen LogP contribution in [0.1, 0.15) is 37.8 Å². The lowest BCUT2D eigenvalue weighted by molar-refractivity contribution is 0.160. The number of unbranched alkanes of at least 4 members (excludes halogenated alkanes) is 1. The topological polar surface area (TPSA) is 44.7 Å². The minimum absolute atomic E-state index is 0. The molecule has 2 rings (SSSR count). The molecule has 4 nitrogen and oxygen atoms in total. The summed E-state index contributed by atoms with van der Waals surface area (Å²) in [5.41, 5.74) is 1.000. The molecule has 1 saturated heterocycles. The van der Waals surface area contributed by atoms with E-state index in [4.69, 9.17) is 4.74 Å². The monoisotopic (exact) mass is 350 g/mol. The lowest BCUT2D eigenvalue weighted by Gasteiger charge is -2.35. The van der Waals surface area contributed by atoms with Crippen LogP contribution >= 0.6 is 24.8 Å². The number of aromatic hydroxyl groups is 1. The number of piperazine rings is 1. The minimum Gasteiger partial charge on any atom is -0.508 e. The fourth-order valence-electron chi connectivity index (χ4n) is 2.85. The van der Waals surface area contributed by atoms with Gasteiger partial charge < -0.3 is 15.2 Å². The summed E-state index contributed by atoms with van der Waals surface area (Å²) >= 11 is 0. The van der Waals surface area contributed by atoms with Crippen LogP contribution in [0.25, 0.3) is 0 Å². The van der Waals surface area contributed by atoms with E-state index in [2.05, 4.69) is 17.1 Å². The second-order valence-electron chi connectivity index (χ2n) is 5.37. The number of nitrogens with zero attached hydrogens (tertiary/aromatic N) is 1. The third kappa shape index (κ3) is 5.51. The van der Waals surface area contributed by atoms with Crippen LogP contribution in [-0.2, 0) is 0 Å². The van der Waals surface area contributed by atoms with Crippen LogP contribution < -0.4 is 10.1 Å². The number of phenols is 1. The number of benzene rings is 1. The van der Waals surface area contributed by atoms with Crippen molar-refractivity contribution < 1.29 is 9.84 Å². The zero-order chi connectivity index (χ0) is 14.4. The molecular weight excluding hydrogens is 323 g/mol. The van der Waals surface area contributed by atoms with Crippen molar-refractivity contribution in [2.75, 3.05) is 33.3 Å². The zero-order valence-electron chi connectivity index (χ0n) is 13.4. The van der Waals surface area contributed by atoms with E-state index in [-0.39, 0.29) is 30.9 Å². The molecule has 2 N–H and O–H groups in total. The van der Waals surface area contributed by atoms with E-state index in [1.807, 2.05) is 12.1 Å². The molecule has 0 saturated carbocycles. The molecule has 6 heteroatoms. The molecule has 0 spiro atoms. The van der Waals surface area contributed by atoms with Gasteiger partial charge >= 0.3 is 0 Å². The predicted molar refractivity (Wildman–Crippen MR) is 95.9 cm³/mol. The van der Waals surface area contributed by atoms with E-state index in [1.165, 1.54) is 12.8 Å². The summed E-state index contributed by atoms with van der Waals surface area (Å²) < 4.78 is 5.31. The van der Waals surface area contributed by atoms with Gasteiger partial charge in [-0.2, -0.15) is 0 Å². The Hall–Kier alpha value is -0.680. The number of hydrogen-bond donors (Lipinski definition) is 2. The van der Waals surface area contributed by atoms with E-state index < -0.39 is 0 Å². The van der Waals surface area contributed by atoms with Gasteiger partial charge in [0, 0.05) is 37.8 Å². The maximum absolute atomic E-state index is 10.2. The van der Waals surface area contributed by atoms with Gasteiger partial charge in [0.25, 0.3) is 0 Å². The second kappa shape index (κ2) is 10.9. The molecule has 22 heavy (non-hydrogen) atoms. The number of ether oxygens (including phenoxy) is 1. The zero-order valence-corrected chi connectivity index (χ0v) is 15.0. The number of phenolic OH excluding ortho intramolecular Hbond substituents is 1. The van der Waals surface area contributed by atoms with Crippen molar-refractivity contribution >= 4 is 24.8 Å². The Kier molecular flexibility index (Phi) is 10.6. The number of rotatable bonds is 6. The molecule has 0 unspecified atom stereocenters. The highest BCUT2D eigenvalue weighted by Crippen LogP contribution is 2.35. The van der Waals surface area contributed by atoms with Gasteiger partial charge in [-0.05, 0) is 24.6 Å². The van der Waals surface area contributed by atoms with Crippen LogP contribution in [0.3, 0.4) is 0 Å². The maximum atomic E-state index is 10.2. The predicted octanol–water partition coefficient (Wildman–Crippen LogP) is 3.38. The van der Waals surface area contributed by atoms with Crippen molar-refractivity contribution in [3.8, 4) is 11.5 Å². The standard InChI is InChI=1S/C16H26N2O2.2ClH/c1-3-4-5-15(18-10-8-17-9-11-18)14-12-13(20-2)6-7-16(14)19;;/h6-7,12,15,17,19H,3-5,8-11H2,1-2H3;2*1H/t15-;;/m1../s1. The quantitative estimate of drug-likeness (QED) is 0.825. The van der Waals surface area contributed by atoms with Crippen LogP contribution in [0.2, 0.25) is 0 Å². The van der Waals surface area contributed by atoms with Gasteiger partial charge in [0.15, 0.2) is 0 Å². The van der Waals surface area contributed by atoms with E-state index in [9.17, 15) is 5.11 Å². The molecule has 1 atom stereocenters. The van der Waals surface area contributed by atoms with Gasteiger partial charge in [-0.25, -0.2) is 0 Å². The van der Waals surface area contributed by atoms with Crippen LogP contribution in [0.15, 0.2) is 18.2 Å². The minimum atomic E-state index is 0. The normalized spacial score (nSPS) is 16.3. The van der Waals surface area contributed by atoms with Crippen molar-refractivity contribution in [2.24, 2.45) is 0 Å². The Morgan fingerprint density at radius 1 is 1.27 bits per heavy atom. The molecule has 0 aliphatic carbocycles. The van der Waals surface area contributed by atoms with Crippen LogP contribution in [-0.4, -0.2) is 43.3 Å². The summed E-state index contributed by atoms with van der Waals surface area (Å²) in [7, 11) is 1.67. The number of nitrogens with one attached hydrogen (secondary N) is 1. The molecule has 0 radical (unpaired) electrons. The van der Waals surface area contributed by atoms with Crippen LogP contribution in [0.5, 0.6) is 11.5 Å². The molecule has 1 aliphatic rings. The third-order valence-corrected chi connectivity index (χ3v) is 4.02. The molecule has 1 aromatic carbocycles. The highest BCUT2D eigenvalue weighted by Gasteiger charge is 2.24. The molecule has 128 valence electrons. The van der Waals surface area contributed by atoms with Gasteiger partial charge in [-0.3, -0.25) is 4.90 Å².